The molecule has 1 saturated heterocycles. The molecule has 1 aliphatic heterocycles. The lowest BCUT2D eigenvalue weighted by Gasteiger charge is -2.32. The molecule has 178 valence electrons. The zero-order valence-electron chi connectivity index (χ0n) is 20.3. The van der Waals surface area contributed by atoms with Gasteiger partial charge in [-0.1, -0.05) is 48.0 Å². The van der Waals surface area contributed by atoms with E-state index in [1.165, 1.54) is 0 Å². The molecule has 1 heterocycles. The molecule has 1 atom stereocenters. The Balaban J connectivity index is 1.98. The molecular weight excluding hydrogens is 444 g/mol. The highest BCUT2D eigenvalue weighted by molar-refractivity contribution is 6.65. The molecule has 0 radical (unpaired) electrons. The van der Waals surface area contributed by atoms with E-state index in [0.717, 1.165) is 5.56 Å². The van der Waals surface area contributed by atoms with Gasteiger partial charge in [-0.25, -0.2) is 9.18 Å². The van der Waals surface area contributed by atoms with Crippen molar-refractivity contribution in [3.8, 4) is 0 Å². The van der Waals surface area contributed by atoms with Crippen molar-refractivity contribution < 1.29 is 23.2 Å². The van der Waals surface area contributed by atoms with Crippen molar-refractivity contribution in [1.29, 1.82) is 0 Å². The van der Waals surface area contributed by atoms with Crippen LogP contribution in [0.1, 0.15) is 65.5 Å². The number of hydrogen-bond acceptors (Lipinski definition) is 4. The lowest BCUT2D eigenvalue weighted by molar-refractivity contribution is 0.00578. The molecule has 0 saturated carbocycles. The maximum absolute atomic E-state index is 16.0. The van der Waals surface area contributed by atoms with E-state index in [-0.39, 0.29) is 17.0 Å². The number of alkyl carbamates (subject to hydrolysis) is 1. The average molecular weight is 476 g/mol. The second-order valence-electron chi connectivity index (χ2n) is 10.3. The topological polar surface area (TPSA) is 56.8 Å². The van der Waals surface area contributed by atoms with Crippen LogP contribution in [0.2, 0.25) is 5.02 Å². The molecule has 5 nitrogen and oxygen atoms in total. The van der Waals surface area contributed by atoms with Crippen molar-refractivity contribution in [1.82, 2.24) is 5.32 Å². The minimum Gasteiger partial charge on any atom is -0.444 e. The number of ether oxygens (including phenoxy) is 1. The van der Waals surface area contributed by atoms with Crippen LogP contribution < -0.4 is 10.8 Å². The quantitative estimate of drug-likeness (QED) is 0.586. The van der Waals surface area contributed by atoms with Crippen molar-refractivity contribution in [2.75, 3.05) is 6.54 Å². The summed E-state index contributed by atoms with van der Waals surface area (Å²) in [6.45, 7) is 13.1. The van der Waals surface area contributed by atoms with E-state index in [0.29, 0.717) is 5.56 Å². The van der Waals surface area contributed by atoms with Gasteiger partial charge in [-0.15, -0.1) is 0 Å². The molecule has 3 rings (SSSR count). The Morgan fingerprint density at radius 1 is 1.09 bits per heavy atom. The van der Waals surface area contributed by atoms with Gasteiger partial charge in [0.2, 0.25) is 0 Å². The van der Waals surface area contributed by atoms with E-state index in [2.05, 4.69) is 5.32 Å². The van der Waals surface area contributed by atoms with E-state index in [1.807, 2.05) is 58.0 Å². The number of hydrogen-bond donors (Lipinski definition) is 1. The van der Waals surface area contributed by atoms with Crippen molar-refractivity contribution in [2.45, 2.75) is 71.2 Å². The standard InChI is InChI=1S/C25H32BClFNO4/c1-23(2,3)31-22(30)29-15-18(16-11-9-8-10-12-16)17-13-14-19(27)20(21(17)28)26-32-24(4,5)25(6,7)33-26/h8-14,18H,15H2,1-7H3,(H,29,30). The Bertz CT molecular complexity index is 991. The van der Waals surface area contributed by atoms with Crippen LogP contribution in [0.15, 0.2) is 42.5 Å². The van der Waals surface area contributed by atoms with Crippen LogP contribution in [0.3, 0.4) is 0 Å². The summed E-state index contributed by atoms with van der Waals surface area (Å²) in [7, 11) is -0.947. The summed E-state index contributed by atoms with van der Waals surface area (Å²) in [5.41, 5.74) is -0.532. The molecule has 0 aliphatic carbocycles. The van der Waals surface area contributed by atoms with Gasteiger partial charge in [-0.2, -0.15) is 0 Å². The predicted molar refractivity (Wildman–Crippen MR) is 130 cm³/mol. The summed E-state index contributed by atoms with van der Waals surface area (Å²) in [4.78, 5) is 12.3. The number of amides is 1. The van der Waals surface area contributed by atoms with Gasteiger partial charge in [0.15, 0.2) is 0 Å². The van der Waals surface area contributed by atoms with Crippen LogP contribution >= 0.6 is 11.6 Å². The first-order valence-corrected chi connectivity index (χ1v) is 11.4. The van der Waals surface area contributed by atoms with E-state index in [4.69, 9.17) is 25.6 Å². The van der Waals surface area contributed by atoms with E-state index < -0.39 is 41.7 Å². The number of nitrogens with one attached hydrogen (secondary N) is 1. The van der Waals surface area contributed by atoms with E-state index in [1.54, 1.807) is 32.9 Å². The van der Waals surface area contributed by atoms with Crippen molar-refractivity contribution in [3.63, 3.8) is 0 Å². The third-order valence-corrected chi connectivity index (χ3v) is 6.40. The number of halogens is 2. The lowest BCUT2D eigenvalue weighted by Crippen LogP contribution is -2.41. The van der Waals surface area contributed by atoms with E-state index >= 15 is 4.39 Å². The fraction of sp³-hybridized carbons (Fsp3) is 0.480. The Morgan fingerprint density at radius 3 is 2.21 bits per heavy atom. The zero-order valence-corrected chi connectivity index (χ0v) is 21.0. The van der Waals surface area contributed by atoms with Crippen molar-refractivity contribution in [3.05, 3.63) is 64.4 Å². The van der Waals surface area contributed by atoms with Gasteiger partial charge in [0.1, 0.15) is 11.4 Å². The molecule has 1 aliphatic rings. The molecule has 1 amide bonds. The van der Waals surface area contributed by atoms with Crippen LogP contribution in [-0.2, 0) is 14.0 Å². The van der Waals surface area contributed by atoms with Crippen molar-refractivity contribution >= 4 is 30.3 Å². The Kier molecular flexibility index (Phi) is 7.18. The molecule has 2 aromatic rings. The SMILES string of the molecule is CC(C)(C)OC(=O)NCC(c1ccccc1)c1ccc(Cl)c(B2OC(C)(C)C(C)(C)O2)c1F. The van der Waals surface area contributed by atoms with E-state index in [9.17, 15) is 4.79 Å². The van der Waals surface area contributed by atoms with Gasteiger partial charge < -0.3 is 19.4 Å². The minimum atomic E-state index is -0.947. The normalized spacial score (nSPS) is 18.2. The number of benzene rings is 2. The number of carbonyl (C=O) groups excluding carboxylic acids is 1. The van der Waals surface area contributed by atoms with Gasteiger partial charge in [0, 0.05) is 22.9 Å². The molecule has 1 N–H and O–H groups in total. The fourth-order valence-corrected chi connectivity index (χ4v) is 3.86. The molecule has 0 bridgehead atoms. The summed E-state index contributed by atoms with van der Waals surface area (Å²) >= 11 is 6.43. The fourth-order valence-electron chi connectivity index (χ4n) is 3.62. The second kappa shape index (κ2) is 9.28. The van der Waals surface area contributed by atoms with Crippen LogP contribution in [-0.4, -0.2) is 36.6 Å². The molecule has 0 spiro atoms. The summed E-state index contributed by atoms with van der Waals surface area (Å²) in [6.07, 6.45) is -0.566. The molecular formula is C25H32BClFNO4. The first-order chi connectivity index (χ1) is 15.2. The first kappa shape index (κ1) is 25.5. The molecule has 33 heavy (non-hydrogen) atoms. The van der Waals surface area contributed by atoms with Crippen LogP contribution in [0, 0.1) is 5.82 Å². The number of rotatable bonds is 5. The summed E-state index contributed by atoms with van der Waals surface area (Å²) < 4.78 is 33.5. The highest BCUT2D eigenvalue weighted by atomic mass is 35.5. The highest BCUT2D eigenvalue weighted by Crippen LogP contribution is 2.38. The van der Waals surface area contributed by atoms with Crippen LogP contribution in [0.5, 0.6) is 0 Å². The van der Waals surface area contributed by atoms with Crippen LogP contribution in [0.25, 0.3) is 0 Å². The second-order valence-corrected chi connectivity index (χ2v) is 10.7. The monoisotopic (exact) mass is 475 g/mol. The summed E-state index contributed by atoms with van der Waals surface area (Å²) in [6, 6.07) is 12.7. The molecule has 0 aromatic heterocycles. The number of carbonyl (C=O) groups is 1. The zero-order chi connectivity index (χ0) is 24.6. The van der Waals surface area contributed by atoms with Gasteiger partial charge in [0.05, 0.1) is 11.2 Å². The first-order valence-electron chi connectivity index (χ1n) is 11.1. The van der Waals surface area contributed by atoms with Gasteiger partial charge in [0.25, 0.3) is 0 Å². The highest BCUT2D eigenvalue weighted by Gasteiger charge is 2.53. The third kappa shape index (κ3) is 5.71. The Labute approximate surface area is 201 Å². The maximum Gasteiger partial charge on any atom is 0.499 e. The van der Waals surface area contributed by atoms with Gasteiger partial charge in [-0.3, -0.25) is 0 Å². The minimum absolute atomic E-state index is 0.139. The predicted octanol–water partition coefficient (Wildman–Crippen LogP) is 5.43. The maximum atomic E-state index is 16.0. The molecule has 1 fully saturated rings. The van der Waals surface area contributed by atoms with Gasteiger partial charge in [-0.05, 0) is 65.7 Å². The average Bonchev–Trinajstić information content (AvgIpc) is 2.89. The van der Waals surface area contributed by atoms with Crippen LogP contribution in [0.4, 0.5) is 9.18 Å². The van der Waals surface area contributed by atoms with Crippen molar-refractivity contribution in [2.24, 2.45) is 0 Å². The third-order valence-electron chi connectivity index (χ3n) is 6.07. The largest absolute Gasteiger partial charge is 0.499 e. The summed E-state index contributed by atoms with van der Waals surface area (Å²) in [5.74, 6) is -0.988. The Morgan fingerprint density at radius 2 is 1.67 bits per heavy atom. The molecule has 2 aromatic carbocycles. The summed E-state index contributed by atoms with van der Waals surface area (Å²) in [5, 5.41) is 2.99. The molecule has 1 unspecified atom stereocenters. The smallest absolute Gasteiger partial charge is 0.444 e. The van der Waals surface area contributed by atoms with Gasteiger partial charge >= 0.3 is 13.2 Å². The Hall–Kier alpha value is -2.09. The molecule has 8 heteroatoms. The lowest BCUT2D eigenvalue weighted by atomic mass is 9.76.